The van der Waals surface area contributed by atoms with E-state index < -0.39 is 6.17 Å². The molecule has 15 heavy (non-hydrogen) atoms. The number of anilines is 2. The summed E-state index contributed by atoms with van der Waals surface area (Å²) in [5, 5.41) is 7.64. The average molecular weight is 211 g/mol. The van der Waals surface area contributed by atoms with Gasteiger partial charge in [0.05, 0.1) is 6.54 Å². The van der Waals surface area contributed by atoms with Crippen LogP contribution in [0.5, 0.6) is 0 Å². The first kappa shape index (κ1) is 10.1. The minimum absolute atomic E-state index is 0.278. The van der Waals surface area contributed by atoms with E-state index in [9.17, 15) is 4.39 Å². The number of alkyl halides is 1. The van der Waals surface area contributed by atoms with E-state index in [1.54, 1.807) is 12.1 Å². The second-order valence-electron chi connectivity index (χ2n) is 3.73. The Morgan fingerprint density at radius 3 is 2.80 bits per heavy atom. The van der Waals surface area contributed by atoms with Gasteiger partial charge >= 0.3 is 0 Å². The van der Waals surface area contributed by atoms with Gasteiger partial charge in [-0.15, -0.1) is 10.2 Å². The molecule has 0 amide bonds. The summed E-state index contributed by atoms with van der Waals surface area (Å²) in [7, 11) is 0. The zero-order valence-corrected chi connectivity index (χ0v) is 8.31. The SMILES string of the molecule is Nc1ccc(N2CC[C@@H](N)[C@H](F)C2)nn1. The topological polar surface area (TPSA) is 81.1 Å². The number of nitrogens with two attached hydrogens (primary N) is 2. The molecule has 1 aliphatic heterocycles. The van der Waals surface area contributed by atoms with Gasteiger partial charge < -0.3 is 16.4 Å². The Labute approximate surface area is 87.3 Å². The molecule has 2 rings (SSSR count). The van der Waals surface area contributed by atoms with E-state index in [1.165, 1.54) is 0 Å². The van der Waals surface area contributed by atoms with E-state index in [2.05, 4.69) is 10.2 Å². The number of hydrogen-bond donors (Lipinski definition) is 2. The zero-order chi connectivity index (χ0) is 10.8. The third-order valence-corrected chi connectivity index (χ3v) is 2.59. The van der Waals surface area contributed by atoms with Gasteiger partial charge in [0.25, 0.3) is 0 Å². The van der Waals surface area contributed by atoms with Crippen LogP contribution in [0.1, 0.15) is 6.42 Å². The summed E-state index contributed by atoms with van der Waals surface area (Å²) >= 11 is 0. The molecule has 2 heterocycles. The van der Waals surface area contributed by atoms with Crippen molar-refractivity contribution in [3.63, 3.8) is 0 Å². The Bertz CT molecular complexity index is 328. The smallest absolute Gasteiger partial charge is 0.151 e. The summed E-state index contributed by atoms with van der Waals surface area (Å²) in [6.07, 6.45) is -0.370. The lowest BCUT2D eigenvalue weighted by atomic mass is 10.0. The van der Waals surface area contributed by atoms with Crippen molar-refractivity contribution in [3.05, 3.63) is 12.1 Å². The number of nitrogens with zero attached hydrogens (tertiary/aromatic N) is 3. The fraction of sp³-hybridized carbons (Fsp3) is 0.556. The molecular formula is C9H14FN5. The highest BCUT2D eigenvalue weighted by molar-refractivity contribution is 5.42. The number of hydrogen-bond acceptors (Lipinski definition) is 5. The Hall–Kier alpha value is -1.43. The zero-order valence-electron chi connectivity index (χ0n) is 8.31. The van der Waals surface area contributed by atoms with Crippen LogP contribution in [-0.2, 0) is 0 Å². The summed E-state index contributed by atoms with van der Waals surface area (Å²) in [5.41, 5.74) is 11.0. The summed E-state index contributed by atoms with van der Waals surface area (Å²) in [5.74, 6) is 1.02. The predicted octanol–water partition coefficient (Wildman–Crippen LogP) is -0.0657. The number of rotatable bonds is 1. The van der Waals surface area contributed by atoms with Crippen LogP contribution in [0.4, 0.5) is 16.0 Å². The fourth-order valence-electron chi connectivity index (χ4n) is 1.64. The van der Waals surface area contributed by atoms with Gasteiger partial charge in [0.15, 0.2) is 5.82 Å². The average Bonchev–Trinajstić information content (AvgIpc) is 2.23. The van der Waals surface area contributed by atoms with E-state index in [-0.39, 0.29) is 12.6 Å². The standard InChI is InChI=1S/C9H14FN5/c10-6-5-15(4-3-7(6)11)9-2-1-8(12)13-14-9/h1-2,6-7H,3-5,11H2,(H2,12,13)/t6-,7-/m1/s1. The highest BCUT2D eigenvalue weighted by Crippen LogP contribution is 2.18. The lowest BCUT2D eigenvalue weighted by molar-refractivity contribution is 0.251. The van der Waals surface area contributed by atoms with Crippen LogP contribution >= 0.6 is 0 Å². The van der Waals surface area contributed by atoms with Crippen LogP contribution in [0.2, 0.25) is 0 Å². The molecule has 1 aromatic rings. The first-order chi connectivity index (χ1) is 7.16. The molecule has 1 fully saturated rings. The lowest BCUT2D eigenvalue weighted by Gasteiger charge is -2.33. The Kier molecular flexibility index (Phi) is 2.68. The summed E-state index contributed by atoms with van der Waals surface area (Å²) < 4.78 is 13.4. The highest BCUT2D eigenvalue weighted by atomic mass is 19.1. The van der Waals surface area contributed by atoms with Gasteiger partial charge in [-0.05, 0) is 18.6 Å². The Balaban J connectivity index is 2.08. The first-order valence-electron chi connectivity index (χ1n) is 4.90. The number of aromatic nitrogens is 2. The minimum Gasteiger partial charge on any atom is -0.382 e. The van der Waals surface area contributed by atoms with Gasteiger partial charge in [0.1, 0.15) is 12.0 Å². The van der Waals surface area contributed by atoms with Gasteiger partial charge in [-0.25, -0.2) is 4.39 Å². The minimum atomic E-state index is -1.00. The second kappa shape index (κ2) is 3.98. The van der Waals surface area contributed by atoms with Crippen molar-refractivity contribution < 1.29 is 4.39 Å². The van der Waals surface area contributed by atoms with Crippen LogP contribution < -0.4 is 16.4 Å². The normalized spacial score (nSPS) is 26.7. The van der Waals surface area contributed by atoms with Crippen molar-refractivity contribution in [2.75, 3.05) is 23.7 Å². The molecule has 1 saturated heterocycles. The van der Waals surface area contributed by atoms with Crippen LogP contribution in [0.15, 0.2) is 12.1 Å². The van der Waals surface area contributed by atoms with E-state index in [1.807, 2.05) is 4.90 Å². The molecular weight excluding hydrogens is 197 g/mol. The maximum Gasteiger partial charge on any atom is 0.151 e. The number of halogens is 1. The fourth-order valence-corrected chi connectivity index (χ4v) is 1.64. The van der Waals surface area contributed by atoms with Crippen molar-refractivity contribution in [1.82, 2.24) is 10.2 Å². The van der Waals surface area contributed by atoms with Crippen LogP contribution in [-0.4, -0.2) is 35.5 Å². The molecule has 0 unspecified atom stereocenters. The van der Waals surface area contributed by atoms with Crippen molar-refractivity contribution in [2.24, 2.45) is 5.73 Å². The second-order valence-corrected chi connectivity index (χ2v) is 3.73. The van der Waals surface area contributed by atoms with E-state index >= 15 is 0 Å². The van der Waals surface area contributed by atoms with Gasteiger partial charge in [0, 0.05) is 12.6 Å². The summed E-state index contributed by atoms with van der Waals surface area (Å²) in [4.78, 5) is 1.83. The third-order valence-electron chi connectivity index (χ3n) is 2.59. The molecule has 0 radical (unpaired) electrons. The Morgan fingerprint density at radius 1 is 1.40 bits per heavy atom. The van der Waals surface area contributed by atoms with E-state index in [0.29, 0.717) is 24.6 Å². The molecule has 5 nitrogen and oxygen atoms in total. The Morgan fingerprint density at radius 2 is 2.20 bits per heavy atom. The molecule has 1 aromatic heterocycles. The van der Waals surface area contributed by atoms with Gasteiger partial charge in [-0.1, -0.05) is 0 Å². The molecule has 0 saturated carbocycles. The quantitative estimate of drug-likeness (QED) is 0.679. The van der Waals surface area contributed by atoms with Crippen molar-refractivity contribution >= 4 is 11.6 Å². The van der Waals surface area contributed by atoms with Crippen molar-refractivity contribution in [3.8, 4) is 0 Å². The van der Waals surface area contributed by atoms with Gasteiger partial charge in [-0.3, -0.25) is 0 Å². The lowest BCUT2D eigenvalue weighted by Crippen LogP contribution is -2.48. The molecule has 0 aliphatic carbocycles. The highest BCUT2D eigenvalue weighted by Gasteiger charge is 2.26. The maximum atomic E-state index is 13.4. The van der Waals surface area contributed by atoms with Gasteiger partial charge in [-0.2, -0.15) is 0 Å². The van der Waals surface area contributed by atoms with Crippen LogP contribution in [0, 0.1) is 0 Å². The molecule has 1 aliphatic rings. The largest absolute Gasteiger partial charge is 0.382 e. The molecule has 0 spiro atoms. The van der Waals surface area contributed by atoms with E-state index in [0.717, 1.165) is 0 Å². The third kappa shape index (κ3) is 2.15. The molecule has 6 heteroatoms. The predicted molar refractivity (Wildman–Crippen MR) is 56.1 cm³/mol. The van der Waals surface area contributed by atoms with Crippen molar-refractivity contribution in [1.29, 1.82) is 0 Å². The van der Waals surface area contributed by atoms with Crippen LogP contribution in [0.25, 0.3) is 0 Å². The van der Waals surface area contributed by atoms with Crippen molar-refractivity contribution in [2.45, 2.75) is 18.6 Å². The molecule has 82 valence electrons. The molecule has 2 atom stereocenters. The summed E-state index contributed by atoms with van der Waals surface area (Å²) in [6, 6.07) is 3.04. The molecule has 4 N–H and O–H groups in total. The van der Waals surface area contributed by atoms with Gasteiger partial charge in [0.2, 0.25) is 0 Å². The number of piperidine rings is 1. The molecule has 0 aromatic carbocycles. The summed E-state index contributed by atoms with van der Waals surface area (Å²) in [6.45, 7) is 0.986. The maximum absolute atomic E-state index is 13.4. The van der Waals surface area contributed by atoms with Crippen LogP contribution in [0.3, 0.4) is 0 Å². The van der Waals surface area contributed by atoms with E-state index in [4.69, 9.17) is 11.5 Å². The monoisotopic (exact) mass is 211 g/mol. The first-order valence-corrected chi connectivity index (χ1v) is 4.90. The molecule has 0 bridgehead atoms. The number of nitrogen functional groups attached to an aromatic ring is 1.